The zero-order valence-electron chi connectivity index (χ0n) is 12.2. The van der Waals surface area contributed by atoms with Crippen LogP contribution in [0.4, 0.5) is 5.69 Å². The number of benzene rings is 1. The van der Waals surface area contributed by atoms with Crippen LogP contribution in [0.15, 0.2) is 29.0 Å². The largest absolute Gasteiger partial charge is 0.423 e. The minimum Gasteiger partial charge on any atom is -0.423 e. The van der Waals surface area contributed by atoms with Crippen molar-refractivity contribution in [1.82, 2.24) is 10.2 Å². The predicted octanol–water partition coefficient (Wildman–Crippen LogP) is 2.87. The van der Waals surface area contributed by atoms with Gasteiger partial charge in [-0.15, -0.1) is 10.2 Å². The lowest BCUT2D eigenvalue weighted by atomic mass is 9.88. The second kappa shape index (κ2) is 6.05. The number of aliphatic hydroxyl groups excluding tert-OH is 1. The zero-order chi connectivity index (χ0) is 14.6. The van der Waals surface area contributed by atoms with Gasteiger partial charge < -0.3 is 14.8 Å². The summed E-state index contributed by atoms with van der Waals surface area (Å²) in [6, 6.07) is 5.97. The molecule has 20 heavy (non-hydrogen) atoms. The molecule has 5 heteroatoms. The van der Waals surface area contributed by atoms with Gasteiger partial charge in [0.15, 0.2) is 0 Å². The van der Waals surface area contributed by atoms with E-state index >= 15 is 0 Å². The molecule has 2 aromatic rings. The van der Waals surface area contributed by atoms with Crippen LogP contribution in [0.25, 0.3) is 11.5 Å². The van der Waals surface area contributed by atoms with Crippen molar-refractivity contribution < 1.29 is 9.52 Å². The second-order valence-corrected chi connectivity index (χ2v) is 5.45. The van der Waals surface area contributed by atoms with Gasteiger partial charge in [0.2, 0.25) is 12.3 Å². The Morgan fingerprint density at radius 2 is 2.20 bits per heavy atom. The van der Waals surface area contributed by atoms with Crippen LogP contribution in [0, 0.1) is 12.3 Å². The van der Waals surface area contributed by atoms with Crippen molar-refractivity contribution >= 4 is 5.69 Å². The number of hydrogen-bond acceptors (Lipinski definition) is 5. The third kappa shape index (κ3) is 3.17. The van der Waals surface area contributed by atoms with Crippen LogP contribution in [0.2, 0.25) is 0 Å². The molecule has 0 fully saturated rings. The molecule has 0 saturated heterocycles. The van der Waals surface area contributed by atoms with Crippen molar-refractivity contribution in [1.29, 1.82) is 0 Å². The van der Waals surface area contributed by atoms with E-state index in [0.29, 0.717) is 12.4 Å². The van der Waals surface area contributed by atoms with E-state index in [1.54, 1.807) is 0 Å². The van der Waals surface area contributed by atoms with E-state index < -0.39 is 0 Å². The fraction of sp³-hybridized carbons (Fsp3) is 0.467. The van der Waals surface area contributed by atoms with Crippen LogP contribution in [-0.4, -0.2) is 28.5 Å². The van der Waals surface area contributed by atoms with Crippen molar-refractivity contribution in [2.45, 2.75) is 27.2 Å². The molecule has 0 saturated carbocycles. The van der Waals surface area contributed by atoms with Crippen LogP contribution in [0.5, 0.6) is 0 Å². The smallest absolute Gasteiger partial charge is 0.247 e. The number of nitrogens with zero attached hydrogens (tertiary/aromatic N) is 2. The maximum Gasteiger partial charge on any atom is 0.247 e. The number of rotatable bonds is 6. The molecule has 1 aromatic heterocycles. The van der Waals surface area contributed by atoms with Crippen molar-refractivity contribution in [3.05, 3.63) is 30.2 Å². The van der Waals surface area contributed by atoms with Crippen LogP contribution >= 0.6 is 0 Å². The van der Waals surface area contributed by atoms with Gasteiger partial charge in [-0.05, 0) is 31.0 Å². The minimum absolute atomic E-state index is 0.118. The van der Waals surface area contributed by atoms with Gasteiger partial charge in [0.25, 0.3) is 0 Å². The number of hydrogen-bond donors (Lipinski definition) is 2. The molecule has 108 valence electrons. The van der Waals surface area contributed by atoms with Crippen LogP contribution in [0.1, 0.15) is 25.8 Å². The van der Waals surface area contributed by atoms with Gasteiger partial charge >= 0.3 is 0 Å². The lowest BCUT2D eigenvalue weighted by Gasteiger charge is -2.27. The van der Waals surface area contributed by atoms with Gasteiger partial charge in [-0.25, -0.2) is 0 Å². The quantitative estimate of drug-likeness (QED) is 0.848. The maximum absolute atomic E-state index is 9.46. The molecule has 0 aliphatic rings. The highest BCUT2D eigenvalue weighted by Crippen LogP contribution is 2.26. The van der Waals surface area contributed by atoms with Crippen LogP contribution < -0.4 is 5.32 Å². The van der Waals surface area contributed by atoms with Crippen molar-refractivity contribution in [3.63, 3.8) is 0 Å². The zero-order valence-corrected chi connectivity index (χ0v) is 12.2. The Balaban J connectivity index is 2.17. The summed E-state index contributed by atoms with van der Waals surface area (Å²) in [5, 5.41) is 20.5. The van der Waals surface area contributed by atoms with Gasteiger partial charge in [0.05, 0.1) is 6.61 Å². The lowest BCUT2D eigenvalue weighted by Crippen LogP contribution is -2.29. The van der Waals surface area contributed by atoms with E-state index in [-0.39, 0.29) is 12.0 Å². The molecule has 0 spiro atoms. The monoisotopic (exact) mass is 275 g/mol. The highest BCUT2D eigenvalue weighted by molar-refractivity contribution is 5.64. The summed E-state index contributed by atoms with van der Waals surface area (Å²) in [5.41, 5.74) is 2.93. The molecule has 1 aromatic carbocycles. The Morgan fingerprint density at radius 1 is 1.40 bits per heavy atom. The molecule has 0 aliphatic carbocycles. The van der Waals surface area contributed by atoms with E-state index in [9.17, 15) is 5.11 Å². The fourth-order valence-electron chi connectivity index (χ4n) is 1.85. The number of aliphatic hydroxyl groups is 1. The first-order valence-corrected chi connectivity index (χ1v) is 6.80. The van der Waals surface area contributed by atoms with Gasteiger partial charge in [0, 0.05) is 23.2 Å². The average molecular weight is 275 g/mol. The van der Waals surface area contributed by atoms with Crippen molar-refractivity contribution in [3.8, 4) is 11.5 Å². The fourth-order valence-corrected chi connectivity index (χ4v) is 1.85. The van der Waals surface area contributed by atoms with Gasteiger partial charge in [-0.1, -0.05) is 19.9 Å². The molecule has 1 heterocycles. The first kappa shape index (κ1) is 14.5. The number of aromatic nitrogens is 2. The van der Waals surface area contributed by atoms with E-state index in [2.05, 4.69) is 29.4 Å². The van der Waals surface area contributed by atoms with Gasteiger partial charge in [-0.3, -0.25) is 0 Å². The second-order valence-electron chi connectivity index (χ2n) is 5.45. The summed E-state index contributed by atoms with van der Waals surface area (Å²) in [6.07, 6.45) is 2.24. The van der Waals surface area contributed by atoms with Crippen molar-refractivity contribution in [2.75, 3.05) is 18.5 Å². The summed E-state index contributed by atoms with van der Waals surface area (Å²) in [7, 11) is 0. The Kier molecular flexibility index (Phi) is 4.39. The van der Waals surface area contributed by atoms with Gasteiger partial charge in [0.1, 0.15) is 0 Å². The standard InChI is InChI=1S/C15H21N3O2/c1-4-15(3,9-19)8-16-13-7-12(6-5-11(13)2)14-18-17-10-20-14/h5-7,10,16,19H,4,8-9H2,1-3H3. The Morgan fingerprint density at radius 3 is 2.80 bits per heavy atom. The highest BCUT2D eigenvalue weighted by Gasteiger charge is 2.21. The van der Waals surface area contributed by atoms with Crippen molar-refractivity contribution in [2.24, 2.45) is 5.41 Å². The molecule has 2 rings (SSSR count). The normalized spacial score (nSPS) is 14.0. The van der Waals surface area contributed by atoms with Crippen LogP contribution in [-0.2, 0) is 0 Å². The van der Waals surface area contributed by atoms with Crippen LogP contribution in [0.3, 0.4) is 0 Å². The SMILES string of the molecule is CCC(C)(CO)CNc1cc(-c2nnco2)ccc1C. The number of nitrogens with one attached hydrogen (secondary N) is 1. The molecule has 0 amide bonds. The molecule has 5 nitrogen and oxygen atoms in total. The lowest BCUT2D eigenvalue weighted by molar-refractivity contribution is 0.149. The molecule has 0 radical (unpaired) electrons. The van der Waals surface area contributed by atoms with Gasteiger partial charge in [-0.2, -0.15) is 0 Å². The summed E-state index contributed by atoms with van der Waals surface area (Å²) in [5.74, 6) is 0.508. The number of anilines is 1. The van der Waals surface area contributed by atoms with E-state index in [4.69, 9.17) is 4.42 Å². The summed E-state index contributed by atoms with van der Waals surface area (Å²) in [6.45, 7) is 7.08. The number of aryl methyl sites for hydroxylation is 1. The third-order valence-electron chi connectivity index (χ3n) is 3.79. The summed E-state index contributed by atoms with van der Waals surface area (Å²) >= 11 is 0. The third-order valence-corrected chi connectivity index (χ3v) is 3.79. The Labute approximate surface area is 119 Å². The first-order valence-electron chi connectivity index (χ1n) is 6.80. The molecule has 0 bridgehead atoms. The first-order chi connectivity index (χ1) is 9.58. The van der Waals surface area contributed by atoms with E-state index in [1.807, 2.05) is 25.1 Å². The molecule has 0 aliphatic heterocycles. The molecule has 1 atom stereocenters. The topological polar surface area (TPSA) is 71.2 Å². The minimum atomic E-state index is -0.118. The Hall–Kier alpha value is -1.88. The molecular formula is C15H21N3O2. The predicted molar refractivity (Wildman–Crippen MR) is 78.4 cm³/mol. The maximum atomic E-state index is 9.46. The van der Waals surface area contributed by atoms with E-state index in [0.717, 1.165) is 23.2 Å². The molecular weight excluding hydrogens is 254 g/mol. The van der Waals surface area contributed by atoms with E-state index in [1.165, 1.54) is 6.39 Å². The Bertz CT molecular complexity index is 548. The highest BCUT2D eigenvalue weighted by atomic mass is 16.4. The molecule has 2 N–H and O–H groups in total. The summed E-state index contributed by atoms with van der Waals surface area (Å²) < 4.78 is 5.21. The average Bonchev–Trinajstić information content (AvgIpc) is 3.00. The summed E-state index contributed by atoms with van der Waals surface area (Å²) in [4.78, 5) is 0. The molecule has 1 unspecified atom stereocenters.